The summed E-state index contributed by atoms with van der Waals surface area (Å²) >= 11 is 1.14. The number of hydrogen-bond donors (Lipinski definition) is 5. The maximum absolute atomic E-state index is 15.5. The third kappa shape index (κ3) is 17.5. The summed E-state index contributed by atoms with van der Waals surface area (Å²) in [5.74, 6) is -5.68. The first kappa shape index (κ1) is 69.3. The lowest BCUT2D eigenvalue weighted by atomic mass is 9.58. The van der Waals surface area contributed by atoms with Gasteiger partial charge in [0.2, 0.25) is 11.8 Å². The van der Waals surface area contributed by atoms with Crippen LogP contribution in [-0.4, -0.2) is 92.5 Å². The number of carbonyl (C=O) groups excluding carboxylic acids is 5. The van der Waals surface area contributed by atoms with Crippen molar-refractivity contribution in [1.82, 2.24) is 10.3 Å². The average Bonchev–Trinajstić information content (AvgIpc) is 3.57. The largest absolute Gasteiger partial charge is 0.481 e. The number of carbonyl (C=O) groups is 7. The molecular formula is C65H102N4O12S. The Morgan fingerprint density at radius 3 is 1.50 bits per heavy atom. The minimum absolute atomic E-state index is 0.00214. The molecule has 2 aliphatic carbocycles. The highest BCUT2D eigenvalue weighted by atomic mass is 32.2. The van der Waals surface area contributed by atoms with E-state index in [0.717, 1.165) is 11.8 Å². The Bertz CT molecular complexity index is 2640. The Kier molecular flexibility index (Phi) is 22.0. The van der Waals surface area contributed by atoms with Gasteiger partial charge >= 0.3 is 29.8 Å². The standard InChI is InChI=1S/C65H102N4O12S/c1-33(2)46-42(66-52(68-58(77)64(19,20)21)48(46)56(75)80-50-38(60(7,8)9)25-36(26-39(50)61(10,11)12)31-79-55(74)35(5)6)29-43-47(34(3)4)49(53(67-43)69-59(78)65(22,23)24)57(76)81-51-40(62(13,14)15)27-37(28-41(51)63(16,17)18)32-82-44(54(72)73)30-45(70)71/h29,33-34,36-41,44,50-51,67H,5,25-28,30-32H2,1-4,6-24H3,(H,69,78)(H,70,71)(H,72,73)(H,66,68,77)/b42-29-. The van der Waals surface area contributed by atoms with E-state index in [1.54, 1.807) is 54.5 Å². The summed E-state index contributed by atoms with van der Waals surface area (Å²) in [5.41, 5.74) is -0.871. The van der Waals surface area contributed by atoms with Gasteiger partial charge in [-0.2, -0.15) is 0 Å². The number of amidine groups is 1. The Balaban J connectivity index is 1.97. The van der Waals surface area contributed by atoms with Crippen LogP contribution in [0, 0.1) is 73.9 Å². The molecule has 2 heterocycles. The lowest BCUT2D eigenvalue weighted by Gasteiger charge is -2.50. The number of hydrogen-bond acceptors (Lipinski definition) is 12. The van der Waals surface area contributed by atoms with E-state index in [0.29, 0.717) is 59.5 Å². The molecule has 5 unspecified atom stereocenters. The fourth-order valence-electron chi connectivity index (χ4n) is 11.8. The van der Waals surface area contributed by atoms with Crippen molar-refractivity contribution in [3.05, 3.63) is 45.8 Å². The fourth-order valence-corrected chi connectivity index (χ4v) is 13.0. The number of aliphatic carboxylic acids is 2. The highest BCUT2D eigenvalue weighted by molar-refractivity contribution is 8.00. The molecule has 17 heteroatoms. The summed E-state index contributed by atoms with van der Waals surface area (Å²) in [6, 6.07) is 0. The number of rotatable bonds is 17. The number of aromatic amines is 1. The van der Waals surface area contributed by atoms with E-state index in [1.165, 1.54) is 0 Å². The Labute approximate surface area is 494 Å². The molecule has 5 N–H and O–H groups in total. The number of ether oxygens (including phenoxy) is 3. The van der Waals surface area contributed by atoms with Crippen LogP contribution in [0.5, 0.6) is 0 Å². The first-order valence-electron chi connectivity index (χ1n) is 29.4. The Hall–Kier alpha value is -5.19. The van der Waals surface area contributed by atoms with Crippen LogP contribution in [0.25, 0.3) is 6.08 Å². The van der Waals surface area contributed by atoms with Gasteiger partial charge in [-0.05, 0) is 101 Å². The molecule has 2 amide bonds. The first-order valence-corrected chi connectivity index (χ1v) is 30.5. The molecule has 82 heavy (non-hydrogen) atoms. The summed E-state index contributed by atoms with van der Waals surface area (Å²) in [4.78, 5) is 104. The van der Waals surface area contributed by atoms with Crippen LogP contribution in [0.3, 0.4) is 0 Å². The van der Waals surface area contributed by atoms with Gasteiger partial charge in [-0.1, -0.05) is 159 Å². The van der Waals surface area contributed by atoms with Crippen LogP contribution in [0.1, 0.15) is 219 Å². The molecule has 0 saturated heterocycles. The fraction of sp³-hybridized carbons (Fsp3) is 0.723. The van der Waals surface area contributed by atoms with Gasteiger partial charge in [-0.3, -0.25) is 19.2 Å². The van der Waals surface area contributed by atoms with Crippen molar-refractivity contribution in [2.75, 3.05) is 17.7 Å². The number of allylic oxidation sites excluding steroid dienone is 1. The maximum atomic E-state index is 15.5. The lowest BCUT2D eigenvalue weighted by molar-refractivity contribution is -0.166. The number of anilines is 1. The van der Waals surface area contributed by atoms with Crippen molar-refractivity contribution < 1.29 is 58.0 Å². The minimum Gasteiger partial charge on any atom is -0.481 e. The van der Waals surface area contributed by atoms with Crippen molar-refractivity contribution in [2.45, 2.75) is 215 Å². The third-order valence-electron chi connectivity index (χ3n) is 16.6. The van der Waals surface area contributed by atoms with Crippen molar-refractivity contribution in [3.8, 4) is 0 Å². The number of aromatic nitrogens is 1. The summed E-state index contributed by atoms with van der Waals surface area (Å²) in [6.07, 6.45) is 2.52. The molecule has 0 radical (unpaired) electrons. The Morgan fingerprint density at radius 1 is 0.671 bits per heavy atom. The minimum atomic E-state index is -1.18. The zero-order valence-corrected chi connectivity index (χ0v) is 54.7. The van der Waals surface area contributed by atoms with Crippen LogP contribution in [0.4, 0.5) is 5.82 Å². The molecule has 1 aromatic rings. The molecule has 1 aliphatic heterocycles. The lowest BCUT2D eigenvalue weighted by Crippen LogP contribution is -2.51. The second kappa shape index (κ2) is 26.0. The molecular weight excluding hydrogens is 1060 g/mol. The van der Waals surface area contributed by atoms with E-state index in [2.05, 4.69) is 105 Å². The van der Waals surface area contributed by atoms with Gasteiger partial charge in [0.1, 0.15) is 40.2 Å². The number of carboxylic acids is 2. The van der Waals surface area contributed by atoms with Crippen molar-refractivity contribution in [3.63, 3.8) is 0 Å². The molecule has 0 spiro atoms. The molecule has 1 aromatic heterocycles. The van der Waals surface area contributed by atoms with Gasteiger partial charge in [-0.25, -0.2) is 19.4 Å². The normalized spacial score (nSPS) is 24.0. The van der Waals surface area contributed by atoms with Gasteiger partial charge < -0.3 is 40.0 Å². The van der Waals surface area contributed by atoms with Crippen molar-refractivity contribution >= 4 is 71.2 Å². The van der Waals surface area contributed by atoms with Crippen LogP contribution in [-0.2, 0) is 43.0 Å². The van der Waals surface area contributed by atoms with Crippen LogP contribution < -0.4 is 10.6 Å². The molecule has 16 nitrogen and oxygen atoms in total. The number of carboxylic acid groups (broad SMARTS) is 2. The molecule has 4 rings (SSSR count). The molecule has 2 saturated carbocycles. The zero-order chi connectivity index (χ0) is 62.9. The number of thioether (sulfide) groups is 1. The van der Waals surface area contributed by atoms with Gasteiger partial charge in [0, 0.05) is 45.8 Å². The smallest absolute Gasteiger partial charge is 0.342 e. The van der Waals surface area contributed by atoms with Crippen LogP contribution in [0.15, 0.2) is 34.0 Å². The van der Waals surface area contributed by atoms with Crippen LogP contribution in [0.2, 0.25) is 0 Å². The highest BCUT2D eigenvalue weighted by Crippen LogP contribution is 2.53. The van der Waals surface area contributed by atoms with Gasteiger partial charge in [0.15, 0.2) is 0 Å². The van der Waals surface area contributed by atoms with E-state index in [-0.39, 0.29) is 99.4 Å². The van der Waals surface area contributed by atoms with E-state index in [4.69, 9.17) is 19.2 Å². The first-order chi connectivity index (χ1) is 37.2. The van der Waals surface area contributed by atoms with Gasteiger partial charge in [0.05, 0.1) is 18.7 Å². The summed E-state index contributed by atoms with van der Waals surface area (Å²) < 4.78 is 19.5. The quantitative estimate of drug-likeness (QED) is 0.0555. The monoisotopic (exact) mass is 1160 g/mol. The summed E-state index contributed by atoms with van der Waals surface area (Å²) in [6.45, 7) is 49.3. The second-order valence-electron chi connectivity index (χ2n) is 30.6. The van der Waals surface area contributed by atoms with Crippen LogP contribution >= 0.6 is 11.8 Å². The zero-order valence-electron chi connectivity index (χ0n) is 53.9. The van der Waals surface area contributed by atoms with E-state index in [1.807, 2.05) is 27.7 Å². The predicted octanol–water partition coefficient (Wildman–Crippen LogP) is 13.7. The molecule has 0 aromatic carbocycles. The van der Waals surface area contributed by atoms with Crippen molar-refractivity contribution in [2.24, 2.45) is 78.9 Å². The molecule has 460 valence electrons. The van der Waals surface area contributed by atoms with Gasteiger partial charge in [0.25, 0.3) is 0 Å². The van der Waals surface area contributed by atoms with Gasteiger partial charge in [-0.15, -0.1) is 11.8 Å². The maximum Gasteiger partial charge on any atom is 0.342 e. The third-order valence-corrected chi connectivity index (χ3v) is 18.0. The van der Waals surface area contributed by atoms with E-state index < -0.39 is 75.4 Å². The molecule has 2 fully saturated rings. The van der Waals surface area contributed by atoms with E-state index >= 15 is 9.59 Å². The number of aliphatic imine (C=N–C) groups is 1. The number of nitrogens with zero attached hydrogens (tertiary/aromatic N) is 1. The Morgan fingerprint density at radius 2 is 1.11 bits per heavy atom. The number of esters is 3. The predicted molar refractivity (Wildman–Crippen MR) is 326 cm³/mol. The number of amides is 2. The van der Waals surface area contributed by atoms with E-state index in [9.17, 15) is 34.2 Å². The number of nitrogens with one attached hydrogen (secondary N) is 3. The van der Waals surface area contributed by atoms with Crippen molar-refractivity contribution in [1.29, 1.82) is 0 Å². The topological polar surface area (TPSA) is 240 Å². The average molecular weight is 1160 g/mol. The molecule has 0 bridgehead atoms. The summed E-state index contributed by atoms with van der Waals surface area (Å²) in [7, 11) is 0. The summed E-state index contributed by atoms with van der Waals surface area (Å²) in [5, 5.41) is 24.3. The molecule has 5 atom stereocenters. The molecule has 3 aliphatic rings. The highest BCUT2D eigenvalue weighted by Gasteiger charge is 2.52. The SMILES string of the molecule is C=C(C)C(=O)OCC1CC(C(C)(C)C)C(OC(=O)C2=C(C(C)C)/C(=C/c3[nH]c(NC(=O)C(C)(C)C)c(C(=O)OC4C(C(C)(C)C)CC(CSC(CC(=O)O)C(=O)O)CC4C(C)(C)C)c3C(C)C)N=C2NC(=O)C(C)(C)C)C(C(C)(C)C)C1. The second-order valence-corrected chi connectivity index (χ2v) is 31.9. The number of H-pyrrole nitrogens is 1.